The Kier molecular flexibility index (Phi) is 52.6. The largest absolute Gasteiger partial charge is 0.472 e. The number of phosphoric acid groups is 1. The van der Waals surface area contributed by atoms with Gasteiger partial charge in [0.15, 0.2) is 0 Å². The van der Waals surface area contributed by atoms with Crippen molar-refractivity contribution in [2.24, 2.45) is 0 Å². The van der Waals surface area contributed by atoms with Crippen molar-refractivity contribution in [3.8, 4) is 0 Å². The molecule has 3 N–H and O–H groups in total. The third kappa shape index (κ3) is 56.3. The number of hydrogen-bond acceptors (Lipinski definition) is 5. The number of aliphatic hydroxyl groups excluding tert-OH is 1. The third-order valence-electron chi connectivity index (χ3n) is 14.1. The lowest BCUT2D eigenvalue weighted by Gasteiger charge is -2.25. The Bertz CT molecular complexity index is 1250. The van der Waals surface area contributed by atoms with E-state index < -0.39 is 20.0 Å². The predicted octanol–water partition coefficient (Wildman–Crippen LogP) is 18.9. The number of phosphoric ester groups is 1. The summed E-state index contributed by atoms with van der Waals surface area (Å²) >= 11 is 0. The molecule has 8 nitrogen and oxygen atoms in total. The van der Waals surface area contributed by atoms with Crippen LogP contribution in [0.15, 0.2) is 36.5 Å². The standard InChI is InChI=1S/C62H121N2O6P/c1-6-8-10-12-14-16-18-20-22-24-26-28-30-32-34-36-38-40-42-44-46-48-50-52-54-56-62(66)63-60(59-70-71(67,68)69-58-57-64(3,4)5)61(65)55-53-51-49-47-45-43-41-39-37-35-33-31-29-27-25-23-21-19-17-15-13-11-9-7-2/h26,28,32,34,53,55,60-61,65H,6-25,27,29-31,33,35-52,54,56-59H2,1-5H3,(H-,63,66,67,68)/p+1/b28-26-,34-32-,55-53+. The van der Waals surface area contributed by atoms with E-state index in [1.807, 2.05) is 27.2 Å². The first kappa shape index (κ1) is 69.7. The normalized spacial score (nSPS) is 14.1. The summed E-state index contributed by atoms with van der Waals surface area (Å²) < 4.78 is 23.8. The molecular formula is C62H122N2O6P+. The second-order valence-electron chi connectivity index (χ2n) is 22.4. The van der Waals surface area contributed by atoms with Gasteiger partial charge in [0.2, 0.25) is 5.91 Å². The van der Waals surface area contributed by atoms with E-state index in [2.05, 4.69) is 43.5 Å². The first-order chi connectivity index (χ1) is 34.5. The Balaban J connectivity index is 4.18. The molecule has 0 aliphatic heterocycles. The molecule has 3 unspecified atom stereocenters. The summed E-state index contributed by atoms with van der Waals surface area (Å²) in [4.78, 5) is 23.3. The average Bonchev–Trinajstić information content (AvgIpc) is 3.33. The van der Waals surface area contributed by atoms with Crippen molar-refractivity contribution in [2.45, 2.75) is 315 Å². The number of quaternary nitrogens is 1. The van der Waals surface area contributed by atoms with Gasteiger partial charge in [-0.15, -0.1) is 0 Å². The summed E-state index contributed by atoms with van der Waals surface area (Å²) in [7, 11) is 1.58. The number of allylic oxidation sites excluding steroid dienone is 5. The van der Waals surface area contributed by atoms with Crippen LogP contribution in [-0.4, -0.2) is 73.4 Å². The molecule has 9 heteroatoms. The van der Waals surface area contributed by atoms with Gasteiger partial charge in [-0.3, -0.25) is 13.8 Å². The van der Waals surface area contributed by atoms with Crippen molar-refractivity contribution in [1.82, 2.24) is 5.32 Å². The number of carbonyl (C=O) groups is 1. The lowest BCUT2D eigenvalue weighted by molar-refractivity contribution is -0.870. The van der Waals surface area contributed by atoms with E-state index >= 15 is 0 Å². The van der Waals surface area contributed by atoms with Crippen molar-refractivity contribution in [1.29, 1.82) is 0 Å². The zero-order valence-electron chi connectivity index (χ0n) is 48.0. The molecule has 0 aromatic carbocycles. The maximum absolute atomic E-state index is 13.0. The minimum Gasteiger partial charge on any atom is -0.387 e. The van der Waals surface area contributed by atoms with Crippen molar-refractivity contribution in [2.75, 3.05) is 40.9 Å². The summed E-state index contributed by atoms with van der Waals surface area (Å²) in [6.07, 6.45) is 69.7. The fourth-order valence-corrected chi connectivity index (χ4v) is 9.99. The molecule has 71 heavy (non-hydrogen) atoms. The van der Waals surface area contributed by atoms with Gasteiger partial charge in [0, 0.05) is 6.42 Å². The van der Waals surface area contributed by atoms with Crippen LogP contribution in [0.2, 0.25) is 0 Å². The lowest BCUT2D eigenvalue weighted by atomic mass is 10.0. The highest BCUT2D eigenvalue weighted by molar-refractivity contribution is 7.47. The van der Waals surface area contributed by atoms with Crippen LogP contribution < -0.4 is 5.32 Å². The first-order valence-corrected chi connectivity index (χ1v) is 32.4. The Labute approximate surface area is 442 Å². The molecule has 420 valence electrons. The van der Waals surface area contributed by atoms with Crippen LogP contribution in [-0.2, 0) is 18.4 Å². The number of nitrogens with zero attached hydrogens (tertiary/aromatic N) is 1. The summed E-state index contributed by atoms with van der Waals surface area (Å²) in [5, 5.41) is 14.0. The number of aliphatic hydroxyl groups is 1. The fraction of sp³-hybridized carbons (Fsp3) is 0.887. The van der Waals surface area contributed by atoms with Crippen molar-refractivity contribution >= 4 is 13.7 Å². The van der Waals surface area contributed by atoms with Gasteiger partial charge in [0.25, 0.3) is 0 Å². The summed E-state index contributed by atoms with van der Waals surface area (Å²) in [6.45, 7) is 4.85. The highest BCUT2D eigenvalue weighted by Crippen LogP contribution is 2.43. The SMILES string of the molecule is CCCCCCCCCCC/C=C\C/C=C\CCCCCCCCCCCC(=O)NC(COP(=O)(O)OCC[N+](C)(C)C)C(O)/C=C/CCCCCCCCCCCCCCCCCCCCCCCC. The van der Waals surface area contributed by atoms with Crippen LogP contribution in [0.25, 0.3) is 0 Å². The summed E-state index contributed by atoms with van der Waals surface area (Å²) in [6, 6.07) is -0.850. The summed E-state index contributed by atoms with van der Waals surface area (Å²) in [5.41, 5.74) is 0. The Hall–Kier alpha value is -1.28. The topological polar surface area (TPSA) is 105 Å². The Morgan fingerprint density at radius 3 is 1.15 bits per heavy atom. The minimum absolute atomic E-state index is 0.0612. The van der Waals surface area contributed by atoms with E-state index in [0.717, 1.165) is 44.9 Å². The van der Waals surface area contributed by atoms with E-state index in [4.69, 9.17) is 9.05 Å². The predicted molar refractivity (Wildman–Crippen MR) is 309 cm³/mol. The number of hydrogen-bond donors (Lipinski definition) is 3. The molecule has 0 rings (SSSR count). The lowest BCUT2D eigenvalue weighted by Crippen LogP contribution is -2.45. The van der Waals surface area contributed by atoms with E-state index in [-0.39, 0.29) is 19.1 Å². The molecule has 0 spiro atoms. The number of carbonyl (C=O) groups excluding carboxylic acids is 1. The fourth-order valence-electron chi connectivity index (χ4n) is 9.25. The molecule has 0 fully saturated rings. The zero-order valence-corrected chi connectivity index (χ0v) is 48.9. The maximum Gasteiger partial charge on any atom is 0.472 e. The van der Waals surface area contributed by atoms with Gasteiger partial charge in [-0.25, -0.2) is 4.57 Å². The minimum atomic E-state index is -4.35. The maximum atomic E-state index is 13.0. The molecule has 0 saturated heterocycles. The van der Waals surface area contributed by atoms with Crippen LogP contribution in [0.5, 0.6) is 0 Å². The molecule has 0 aromatic rings. The van der Waals surface area contributed by atoms with Gasteiger partial charge in [-0.1, -0.05) is 281 Å². The van der Waals surface area contributed by atoms with E-state index in [1.165, 1.54) is 238 Å². The molecule has 0 heterocycles. The average molecular weight is 1020 g/mol. The third-order valence-corrected chi connectivity index (χ3v) is 15.1. The highest BCUT2D eigenvalue weighted by atomic mass is 31.2. The van der Waals surface area contributed by atoms with E-state index in [0.29, 0.717) is 17.4 Å². The van der Waals surface area contributed by atoms with E-state index in [1.54, 1.807) is 6.08 Å². The second-order valence-corrected chi connectivity index (χ2v) is 23.9. The van der Waals surface area contributed by atoms with Gasteiger partial charge < -0.3 is 19.8 Å². The van der Waals surface area contributed by atoms with E-state index in [9.17, 15) is 19.4 Å². The highest BCUT2D eigenvalue weighted by Gasteiger charge is 2.27. The van der Waals surface area contributed by atoms with Crippen molar-refractivity contribution in [3.63, 3.8) is 0 Å². The number of likely N-dealkylation sites (N-methyl/N-ethyl adjacent to an activating group) is 1. The smallest absolute Gasteiger partial charge is 0.387 e. The number of amides is 1. The quantitative estimate of drug-likeness (QED) is 0.0243. The molecule has 0 aliphatic rings. The molecule has 0 saturated carbocycles. The van der Waals surface area contributed by atoms with Crippen LogP contribution >= 0.6 is 7.82 Å². The van der Waals surface area contributed by atoms with Crippen molar-refractivity contribution < 1.29 is 32.9 Å². The molecule has 1 amide bonds. The Morgan fingerprint density at radius 2 is 0.803 bits per heavy atom. The number of unbranched alkanes of at least 4 members (excludes halogenated alkanes) is 40. The zero-order chi connectivity index (χ0) is 52.0. The van der Waals surface area contributed by atoms with Crippen LogP contribution in [0.4, 0.5) is 0 Å². The monoisotopic (exact) mass is 1020 g/mol. The number of rotatable bonds is 57. The van der Waals surface area contributed by atoms with Gasteiger partial charge >= 0.3 is 7.82 Å². The second kappa shape index (κ2) is 53.5. The van der Waals surface area contributed by atoms with Gasteiger partial charge in [-0.05, 0) is 51.4 Å². The Morgan fingerprint density at radius 1 is 0.479 bits per heavy atom. The van der Waals surface area contributed by atoms with Crippen LogP contribution in [0.1, 0.15) is 303 Å². The first-order valence-electron chi connectivity index (χ1n) is 30.9. The molecule has 3 atom stereocenters. The van der Waals surface area contributed by atoms with Crippen LogP contribution in [0, 0.1) is 0 Å². The molecular weight excluding hydrogens is 900 g/mol. The summed E-state index contributed by atoms with van der Waals surface area (Å²) in [5.74, 6) is -0.177. The molecule has 0 bridgehead atoms. The molecule has 0 aromatic heterocycles. The van der Waals surface area contributed by atoms with Crippen molar-refractivity contribution in [3.05, 3.63) is 36.5 Å². The van der Waals surface area contributed by atoms with Gasteiger partial charge in [0.1, 0.15) is 13.2 Å². The molecule has 0 aliphatic carbocycles. The molecule has 0 radical (unpaired) electrons. The number of nitrogens with one attached hydrogen (secondary N) is 1. The van der Waals surface area contributed by atoms with Crippen LogP contribution in [0.3, 0.4) is 0 Å². The van der Waals surface area contributed by atoms with Gasteiger partial charge in [-0.2, -0.15) is 0 Å². The van der Waals surface area contributed by atoms with Gasteiger partial charge in [0.05, 0.1) is 39.9 Å².